The SMILES string of the molecule is CN1CCO[C@H](C(=O)Nc2ccc(Cl)c(OC(F)F)c2)C1. The first-order valence-electron chi connectivity index (χ1n) is 6.31. The highest BCUT2D eigenvalue weighted by Gasteiger charge is 2.25. The Labute approximate surface area is 125 Å². The van der Waals surface area contributed by atoms with Gasteiger partial charge in [-0.1, -0.05) is 11.6 Å². The fourth-order valence-electron chi connectivity index (χ4n) is 1.93. The Kier molecular flexibility index (Phi) is 5.33. The van der Waals surface area contributed by atoms with E-state index in [1.807, 2.05) is 11.9 Å². The maximum absolute atomic E-state index is 12.2. The molecule has 8 heteroatoms. The van der Waals surface area contributed by atoms with Crippen LogP contribution in [0.1, 0.15) is 0 Å². The molecule has 0 radical (unpaired) electrons. The number of anilines is 1. The maximum Gasteiger partial charge on any atom is 0.387 e. The Morgan fingerprint density at radius 1 is 1.57 bits per heavy atom. The summed E-state index contributed by atoms with van der Waals surface area (Å²) in [5.41, 5.74) is 0.317. The van der Waals surface area contributed by atoms with E-state index >= 15 is 0 Å². The first-order chi connectivity index (χ1) is 9.95. The van der Waals surface area contributed by atoms with Gasteiger partial charge < -0.3 is 19.7 Å². The van der Waals surface area contributed by atoms with E-state index in [1.54, 1.807) is 0 Å². The number of carbonyl (C=O) groups is 1. The Morgan fingerprint density at radius 3 is 3.00 bits per heavy atom. The highest BCUT2D eigenvalue weighted by atomic mass is 35.5. The smallest absolute Gasteiger partial charge is 0.387 e. The van der Waals surface area contributed by atoms with Crippen LogP contribution in [0.5, 0.6) is 5.75 Å². The van der Waals surface area contributed by atoms with Crippen LogP contribution in [0.15, 0.2) is 18.2 Å². The highest BCUT2D eigenvalue weighted by molar-refractivity contribution is 6.32. The molecule has 1 aromatic rings. The summed E-state index contributed by atoms with van der Waals surface area (Å²) in [6.45, 7) is -1.28. The zero-order chi connectivity index (χ0) is 15.4. The van der Waals surface area contributed by atoms with Gasteiger partial charge in [0.05, 0.1) is 11.6 Å². The number of nitrogens with one attached hydrogen (secondary N) is 1. The molecule has 1 aliphatic rings. The van der Waals surface area contributed by atoms with Crippen molar-refractivity contribution in [2.24, 2.45) is 0 Å². The number of hydrogen-bond acceptors (Lipinski definition) is 4. The number of morpholine rings is 1. The van der Waals surface area contributed by atoms with Crippen LogP contribution >= 0.6 is 11.6 Å². The van der Waals surface area contributed by atoms with Gasteiger partial charge in [-0.15, -0.1) is 0 Å². The number of rotatable bonds is 4. The van der Waals surface area contributed by atoms with E-state index in [0.717, 1.165) is 6.54 Å². The molecule has 1 aromatic carbocycles. The second-order valence-corrected chi connectivity index (χ2v) is 5.04. The molecular formula is C13H15ClF2N2O3. The van der Waals surface area contributed by atoms with Gasteiger partial charge in [0, 0.05) is 24.8 Å². The summed E-state index contributed by atoms with van der Waals surface area (Å²) < 4.78 is 34.1. The van der Waals surface area contributed by atoms with E-state index in [2.05, 4.69) is 10.1 Å². The van der Waals surface area contributed by atoms with E-state index in [-0.39, 0.29) is 16.7 Å². The lowest BCUT2D eigenvalue weighted by molar-refractivity contribution is -0.132. The second-order valence-electron chi connectivity index (χ2n) is 4.63. The molecule has 0 bridgehead atoms. The van der Waals surface area contributed by atoms with Crippen LogP contribution in [0, 0.1) is 0 Å². The normalized spacial score (nSPS) is 19.6. The minimum Gasteiger partial charge on any atom is -0.433 e. The molecule has 116 valence electrons. The average Bonchev–Trinajstić information content (AvgIpc) is 2.42. The molecule has 5 nitrogen and oxygen atoms in total. The Balaban J connectivity index is 2.03. The second kappa shape index (κ2) is 7.02. The molecule has 0 saturated carbocycles. The Bertz CT molecular complexity index is 516. The van der Waals surface area contributed by atoms with Crippen LogP contribution in [0.2, 0.25) is 5.02 Å². The molecule has 1 amide bonds. The lowest BCUT2D eigenvalue weighted by atomic mass is 10.2. The predicted molar refractivity (Wildman–Crippen MR) is 74.0 cm³/mol. The summed E-state index contributed by atoms with van der Waals surface area (Å²) in [7, 11) is 1.89. The molecule has 0 unspecified atom stereocenters. The summed E-state index contributed by atoms with van der Waals surface area (Å²) in [4.78, 5) is 14.0. The van der Waals surface area contributed by atoms with Crippen LogP contribution in [0.3, 0.4) is 0 Å². The molecule has 1 fully saturated rings. The Morgan fingerprint density at radius 2 is 2.33 bits per heavy atom. The third-order valence-corrected chi connectivity index (χ3v) is 3.29. The predicted octanol–water partition coefficient (Wildman–Crippen LogP) is 2.21. The lowest BCUT2D eigenvalue weighted by Gasteiger charge is -2.29. The number of likely N-dealkylation sites (N-methyl/N-ethyl adjacent to an activating group) is 1. The molecule has 1 N–H and O–H groups in total. The molecule has 0 aromatic heterocycles. The van der Waals surface area contributed by atoms with Crippen molar-refractivity contribution in [3.8, 4) is 5.75 Å². The number of hydrogen-bond donors (Lipinski definition) is 1. The standard InChI is InChI=1S/C13H15ClF2N2O3/c1-18-4-5-20-11(7-18)12(19)17-8-2-3-9(14)10(6-8)21-13(15)16/h2-3,6,11,13H,4-5,7H2,1H3,(H,17,19)/t11-/m0/s1. The quantitative estimate of drug-likeness (QED) is 0.924. The first kappa shape index (κ1) is 15.9. The van der Waals surface area contributed by atoms with Crippen molar-refractivity contribution >= 4 is 23.2 Å². The van der Waals surface area contributed by atoms with Crippen molar-refractivity contribution in [1.82, 2.24) is 4.90 Å². The molecule has 1 aliphatic heterocycles. The van der Waals surface area contributed by atoms with Crippen LogP contribution in [0.25, 0.3) is 0 Å². The monoisotopic (exact) mass is 320 g/mol. The Hall–Kier alpha value is -1.44. The fourth-order valence-corrected chi connectivity index (χ4v) is 2.09. The third kappa shape index (κ3) is 4.52. The van der Waals surface area contributed by atoms with Crippen LogP contribution in [-0.4, -0.2) is 50.3 Å². The molecule has 1 atom stereocenters. The van der Waals surface area contributed by atoms with Gasteiger partial charge >= 0.3 is 6.61 Å². The summed E-state index contributed by atoms with van der Waals surface area (Å²) in [5.74, 6) is -0.530. The van der Waals surface area contributed by atoms with Crippen molar-refractivity contribution in [1.29, 1.82) is 0 Å². The highest BCUT2D eigenvalue weighted by Crippen LogP contribution is 2.29. The van der Waals surface area contributed by atoms with E-state index in [1.165, 1.54) is 18.2 Å². The lowest BCUT2D eigenvalue weighted by Crippen LogP contribution is -2.46. The number of ether oxygens (including phenoxy) is 2. The van der Waals surface area contributed by atoms with Crippen molar-refractivity contribution in [3.63, 3.8) is 0 Å². The summed E-state index contributed by atoms with van der Waals surface area (Å²) in [5, 5.41) is 2.64. The minimum atomic E-state index is -2.98. The van der Waals surface area contributed by atoms with Gasteiger partial charge in [-0.3, -0.25) is 4.79 Å². The van der Waals surface area contributed by atoms with Crippen LogP contribution in [0.4, 0.5) is 14.5 Å². The molecule has 2 rings (SSSR count). The minimum absolute atomic E-state index is 0.0435. The first-order valence-corrected chi connectivity index (χ1v) is 6.69. The average molecular weight is 321 g/mol. The zero-order valence-corrected chi connectivity index (χ0v) is 12.1. The van der Waals surface area contributed by atoms with E-state index in [9.17, 15) is 13.6 Å². The number of halogens is 3. The largest absolute Gasteiger partial charge is 0.433 e. The fraction of sp³-hybridized carbons (Fsp3) is 0.462. The van der Waals surface area contributed by atoms with Crippen molar-refractivity contribution in [2.75, 3.05) is 32.1 Å². The summed E-state index contributed by atoms with van der Waals surface area (Å²) >= 11 is 5.74. The molecular weight excluding hydrogens is 306 g/mol. The van der Waals surface area contributed by atoms with Crippen molar-refractivity contribution < 1.29 is 23.0 Å². The van der Waals surface area contributed by atoms with Gasteiger partial charge in [0.1, 0.15) is 11.9 Å². The number of alkyl halides is 2. The van der Waals surface area contributed by atoms with Gasteiger partial charge in [-0.05, 0) is 19.2 Å². The van der Waals surface area contributed by atoms with Crippen LogP contribution < -0.4 is 10.1 Å². The molecule has 0 spiro atoms. The van der Waals surface area contributed by atoms with Gasteiger partial charge in [0.2, 0.25) is 0 Å². The van der Waals surface area contributed by atoms with Gasteiger partial charge in [0.15, 0.2) is 0 Å². The summed E-state index contributed by atoms with van der Waals surface area (Å²) in [6, 6.07) is 4.13. The zero-order valence-electron chi connectivity index (χ0n) is 11.3. The molecule has 1 saturated heterocycles. The van der Waals surface area contributed by atoms with Crippen molar-refractivity contribution in [3.05, 3.63) is 23.2 Å². The van der Waals surface area contributed by atoms with Gasteiger partial charge in [-0.25, -0.2) is 0 Å². The maximum atomic E-state index is 12.2. The van der Waals surface area contributed by atoms with Gasteiger partial charge in [-0.2, -0.15) is 8.78 Å². The van der Waals surface area contributed by atoms with E-state index < -0.39 is 12.7 Å². The number of nitrogens with zero attached hydrogens (tertiary/aromatic N) is 1. The van der Waals surface area contributed by atoms with Crippen LogP contribution in [-0.2, 0) is 9.53 Å². The molecule has 0 aliphatic carbocycles. The number of carbonyl (C=O) groups excluding carboxylic acids is 1. The molecule has 21 heavy (non-hydrogen) atoms. The summed E-state index contributed by atoms with van der Waals surface area (Å²) in [6.07, 6.45) is -0.598. The van der Waals surface area contributed by atoms with E-state index in [4.69, 9.17) is 16.3 Å². The van der Waals surface area contributed by atoms with E-state index in [0.29, 0.717) is 18.8 Å². The van der Waals surface area contributed by atoms with Crippen molar-refractivity contribution in [2.45, 2.75) is 12.7 Å². The third-order valence-electron chi connectivity index (χ3n) is 2.98. The number of benzene rings is 1. The topological polar surface area (TPSA) is 50.8 Å². The molecule has 1 heterocycles. The number of amides is 1. The van der Waals surface area contributed by atoms with Gasteiger partial charge in [0.25, 0.3) is 5.91 Å².